The number of carbonyl (C=O) groups is 1. The van der Waals surface area contributed by atoms with E-state index in [0.717, 1.165) is 18.4 Å². The molecule has 0 aliphatic heterocycles. The van der Waals surface area contributed by atoms with Gasteiger partial charge < -0.3 is 5.32 Å². The summed E-state index contributed by atoms with van der Waals surface area (Å²) in [6.45, 7) is 6.37. The van der Waals surface area contributed by atoms with E-state index in [-0.39, 0.29) is 11.8 Å². The van der Waals surface area contributed by atoms with E-state index in [1.54, 1.807) is 0 Å². The second-order valence-electron chi connectivity index (χ2n) is 4.72. The summed E-state index contributed by atoms with van der Waals surface area (Å²) in [6, 6.07) is 0. The van der Waals surface area contributed by atoms with Gasteiger partial charge in [0.1, 0.15) is 0 Å². The number of carbonyl (C=O) groups excluding carboxylic acids is 1. The molecule has 1 amide bonds. The van der Waals surface area contributed by atoms with Gasteiger partial charge in [0.2, 0.25) is 5.91 Å². The number of rotatable bonds is 3. The van der Waals surface area contributed by atoms with Gasteiger partial charge in [-0.3, -0.25) is 4.79 Å². The molecule has 0 spiro atoms. The van der Waals surface area contributed by atoms with Gasteiger partial charge in [0.05, 0.1) is 0 Å². The van der Waals surface area contributed by atoms with Crippen molar-refractivity contribution in [2.45, 2.75) is 51.9 Å². The van der Waals surface area contributed by atoms with Crippen LogP contribution in [0.15, 0.2) is 12.2 Å². The zero-order valence-corrected chi connectivity index (χ0v) is 9.85. The summed E-state index contributed by atoms with van der Waals surface area (Å²) < 4.78 is 0. The van der Waals surface area contributed by atoms with Crippen molar-refractivity contribution in [3.05, 3.63) is 12.2 Å². The molecule has 2 heteroatoms. The number of hydrogen-bond acceptors (Lipinski definition) is 1. The second kappa shape index (κ2) is 6.65. The zero-order valence-electron chi connectivity index (χ0n) is 9.85. The Labute approximate surface area is 93.1 Å². The van der Waals surface area contributed by atoms with Crippen molar-refractivity contribution >= 4 is 5.91 Å². The maximum Gasteiger partial charge on any atom is 0.223 e. The molecule has 1 aliphatic rings. The Hall–Kier alpha value is -0.790. The van der Waals surface area contributed by atoms with Gasteiger partial charge in [-0.2, -0.15) is 0 Å². The van der Waals surface area contributed by atoms with Gasteiger partial charge >= 0.3 is 0 Å². The summed E-state index contributed by atoms with van der Waals surface area (Å²) in [4.78, 5) is 11.8. The Bertz CT molecular complexity index is 215. The van der Waals surface area contributed by atoms with Gasteiger partial charge in [-0.15, -0.1) is 0 Å². The Morgan fingerprint density at radius 3 is 2.27 bits per heavy atom. The van der Waals surface area contributed by atoms with E-state index < -0.39 is 0 Å². The summed E-state index contributed by atoms with van der Waals surface area (Å²) in [5.41, 5.74) is 1.02. The van der Waals surface area contributed by atoms with Crippen LogP contribution in [-0.4, -0.2) is 12.5 Å². The summed E-state index contributed by atoms with van der Waals surface area (Å²) >= 11 is 0. The summed E-state index contributed by atoms with van der Waals surface area (Å²) in [7, 11) is 0. The fraction of sp³-hybridized carbons (Fsp3) is 0.769. The average Bonchev–Trinajstić information content (AvgIpc) is 2.13. The smallest absolute Gasteiger partial charge is 0.223 e. The van der Waals surface area contributed by atoms with Crippen molar-refractivity contribution in [1.29, 1.82) is 0 Å². The molecule has 0 aromatic rings. The van der Waals surface area contributed by atoms with Crippen LogP contribution in [0.5, 0.6) is 0 Å². The van der Waals surface area contributed by atoms with Gasteiger partial charge in [-0.25, -0.2) is 0 Å². The zero-order chi connectivity index (χ0) is 11.1. The second-order valence-corrected chi connectivity index (χ2v) is 4.72. The molecule has 0 radical (unpaired) electrons. The lowest BCUT2D eigenvalue weighted by molar-refractivity contribution is -0.125. The fourth-order valence-electron chi connectivity index (χ4n) is 2.10. The maximum absolute atomic E-state index is 11.8. The molecule has 1 fully saturated rings. The highest BCUT2D eigenvalue weighted by atomic mass is 16.1. The predicted octanol–water partition coefficient (Wildman–Crippen LogP) is 3.04. The molecule has 15 heavy (non-hydrogen) atoms. The largest absolute Gasteiger partial charge is 0.352 e. The minimum atomic E-state index is 0.236. The number of hydrogen-bond donors (Lipinski definition) is 1. The van der Waals surface area contributed by atoms with Crippen molar-refractivity contribution in [2.24, 2.45) is 5.92 Å². The molecule has 1 N–H and O–H groups in total. The van der Waals surface area contributed by atoms with E-state index in [2.05, 4.69) is 11.9 Å². The summed E-state index contributed by atoms with van der Waals surface area (Å²) in [5.74, 6) is 0.490. The van der Waals surface area contributed by atoms with Crippen LogP contribution in [0.4, 0.5) is 0 Å². The van der Waals surface area contributed by atoms with Crippen LogP contribution in [-0.2, 0) is 4.79 Å². The minimum Gasteiger partial charge on any atom is -0.352 e. The Morgan fingerprint density at radius 1 is 1.20 bits per heavy atom. The molecule has 0 aromatic carbocycles. The van der Waals surface area contributed by atoms with Crippen molar-refractivity contribution in [3.8, 4) is 0 Å². The third-order valence-electron chi connectivity index (χ3n) is 3.04. The normalized spacial score (nSPS) is 19.0. The Balaban J connectivity index is 2.31. The number of amides is 1. The first-order valence-electron chi connectivity index (χ1n) is 6.12. The molecular formula is C13H23NO. The molecule has 0 unspecified atom stereocenters. The third kappa shape index (κ3) is 5.01. The lowest BCUT2D eigenvalue weighted by atomic mass is 9.90. The minimum absolute atomic E-state index is 0.236. The standard InChI is InChI=1S/C13H23NO/c1-11(2)10-14-13(15)12-8-6-4-3-5-7-9-12/h12H,1,3-10H2,2H3,(H,14,15). The monoisotopic (exact) mass is 209 g/mol. The van der Waals surface area contributed by atoms with E-state index in [9.17, 15) is 4.79 Å². The first kappa shape index (κ1) is 12.3. The number of nitrogens with one attached hydrogen (secondary N) is 1. The molecule has 0 aromatic heterocycles. The van der Waals surface area contributed by atoms with Crippen molar-refractivity contribution in [2.75, 3.05) is 6.54 Å². The molecule has 0 heterocycles. The van der Waals surface area contributed by atoms with Gasteiger partial charge in [-0.1, -0.05) is 44.3 Å². The van der Waals surface area contributed by atoms with Crippen molar-refractivity contribution in [3.63, 3.8) is 0 Å². The highest BCUT2D eigenvalue weighted by Crippen LogP contribution is 2.22. The summed E-state index contributed by atoms with van der Waals surface area (Å²) in [6.07, 6.45) is 8.51. The van der Waals surface area contributed by atoms with Gasteiger partial charge in [-0.05, 0) is 19.8 Å². The van der Waals surface area contributed by atoms with Crippen LogP contribution in [0.3, 0.4) is 0 Å². The van der Waals surface area contributed by atoms with Gasteiger partial charge in [0.15, 0.2) is 0 Å². The van der Waals surface area contributed by atoms with Crippen LogP contribution < -0.4 is 5.32 Å². The quantitative estimate of drug-likeness (QED) is 0.711. The first-order chi connectivity index (χ1) is 7.20. The molecule has 0 saturated heterocycles. The predicted molar refractivity (Wildman–Crippen MR) is 63.6 cm³/mol. The molecule has 1 rings (SSSR count). The molecule has 0 atom stereocenters. The molecule has 0 bridgehead atoms. The van der Waals surface area contributed by atoms with Crippen LogP contribution in [0.2, 0.25) is 0 Å². The molecule has 86 valence electrons. The topological polar surface area (TPSA) is 29.1 Å². The van der Waals surface area contributed by atoms with Crippen LogP contribution in [0.25, 0.3) is 0 Å². The van der Waals surface area contributed by atoms with Crippen LogP contribution >= 0.6 is 0 Å². The van der Waals surface area contributed by atoms with Crippen LogP contribution in [0.1, 0.15) is 51.9 Å². The van der Waals surface area contributed by atoms with Gasteiger partial charge in [0, 0.05) is 12.5 Å². The molecular weight excluding hydrogens is 186 g/mol. The highest BCUT2D eigenvalue weighted by Gasteiger charge is 2.18. The molecule has 1 saturated carbocycles. The maximum atomic E-state index is 11.8. The van der Waals surface area contributed by atoms with E-state index in [1.165, 1.54) is 32.1 Å². The van der Waals surface area contributed by atoms with E-state index >= 15 is 0 Å². The van der Waals surface area contributed by atoms with Gasteiger partial charge in [0.25, 0.3) is 0 Å². The van der Waals surface area contributed by atoms with E-state index in [1.807, 2.05) is 6.92 Å². The highest BCUT2D eigenvalue weighted by molar-refractivity contribution is 5.78. The SMILES string of the molecule is C=C(C)CNC(=O)C1CCCCCCC1. The fourth-order valence-corrected chi connectivity index (χ4v) is 2.10. The van der Waals surface area contributed by atoms with Crippen molar-refractivity contribution < 1.29 is 4.79 Å². The summed E-state index contributed by atoms with van der Waals surface area (Å²) in [5, 5.41) is 2.96. The van der Waals surface area contributed by atoms with E-state index in [4.69, 9.17) is 0 Å². The van der Waals surface area contributed by atoms with Crippen LogP contribution in [0, 0.1) is 5.92 Å². The Morgan fingerprint density at radius 2 is 1.73 bits per heavy atom. The lowest BCUT2D eigenvalue weighted by Crippen LogP contribution is -2.32. The third-order valence-corrected chi connectivity index (χ3v) is 3.04. The van der Waals surface area contributed by atoms with Crippen molar-refractivity contribution in [1.82, 2.24) is 5.32 Å². The van der Waals surface area contributed by atoms with E-state index in [0.29, 0.717) is 6.54 Å². The Kier molecular flexibility index (Phi) is 5.44. The lowest BCUT2D eigenvalue weighted by Gasteiger charge is -2.19. The molecule has 1 aliphatic carbocycles. The average molecular weight is 209 g/mol. The molecule has 2 nitrogen and oxygen atoms in total. The first-order valence-corrected chi connectivity index (χ1v) is 6.12.